The molecular weight excluding hydrogens is 288 g/mol. The molecule has 0 bridgehead atoms. The highest BCUT2D eigenvalue weighted by atomic mass is 16.5. The maximum Gasteiger partial charge on any atom is 0.414 e. The molecule has 1 rings (SSSR count). The van der Waals surface area contributed by atoms with Crippen molar-refractivity contribution in [3.63, 3.8) is 0 Å². The summed E-state index contributed by atoms with van der Waals surface area (Å²) in [5, 5.41) is 29.4. The summed E-state index contributed by atoms with van der Waals surface area (Å²) >= 11 is 0. The fourth-order valence-corrected chi connectivity index (χ4v) is 1.46. The van der Waals surface area contributed by atoms with Gasteiger partial charge in [0.25, 0.3) is 5.91 Å². The molecule has 7 heteroatoms. The van der Waals surface area contributed by atoms with Crippen molar-refractivity contribution in [1.29, 1.82) is 5.26 Å². The fourth-order valence-electron chi connectivity index (χ4n) is 1.46. The molecular formula is C15H14N2O5. The molecule has 0 saturated carbocycles. The number of nitrogens with zero attached hydrogens (tertiary/aromatic N) is 1. The normalized spacial score (nSPS) is 11.0. The van der Waals surface area contributed by atoms with E-state index in [1.54, 1.807) is 13.0 Å². The highest BCUT2D eigenvalue weighted by Crippen LogP contribution is 2.21. The van der Waals surface area contributed by atoms with E-state index < -0.39 is 12.0 Å². The van der Waals surface area contributed by atoms with Crippen LogP contribution in [0, 0.1) is 11.3 Å². The van der Waals surface area contributed by atoms with Crippen molar-refractivity contribution in [3.05, 3.63) is 41.5 Å². The lowest BCUT2D eigenvalue weighted by molar-refractivity contribution is -0.116. The highest BCUT2D eigenvalue weighted by Gasteiger charge is 2.12. The van der Waals surface area contributed by atoms with Gasteiger partial charge < -0.3 is 14.9 Å². The van der Waals surface area contributed by atoms with Gasteiger partial charge in [-0.25, -0.2) is 4.79 Å². The van der Waals surface area contributed by atoms with E-state index in [0.29, 0.717) is 5.56 Å². The first-order valence-corrected chi connectivity index (χ1v) is 6.26. The number of carbonyl (C=O) groups is 2. The third kappa shape index (κ3) is 5.38. The summed E-state index contributed by atoms with van der Waals surface area (Å²) in [6.07, 6.45) is 3.09. The lowest BCUT2D eigenvalue weighted by Gasteiger charge is -2.02. The summed E-state index contributed by atoms with van der Waals surface area (Å²) < 4.78 is 4.53. The van der Waals surface area contributed by atoms with Crippen molar-refractivity contribution in [2.75, 3.05) is 6.61 Å². The van der Waals surface area contributed by atoms with Gasteiger partial charge >= 0.3 is 6.09 Å². The van der Waals surface area contributed by atoms with E-state index in [9.17, 15) is 19.8 Å². The van der Waals surface area contributed by atoms with Gasteiger partial charge in [0.05, 0.1) is 6.61 Å². The Balaban J connectivity index is 2.80. The number of amides is 2. The zero-order valence-electron chi connectivity index (χ0n) is 11.7. The molecule has 2 amide bonds. The Bertz CT molecular complexity index is 651. The maximum atomic E-state index is 11.6. The van der Waals surface area contributed by atoms with Gasteiger partial charge in [-0.15, -0.1) is 0 Å². The van der Waals surface area contributed by atoms with Crippen LogP contribution < -0.4 is 5.32 Å². The monoisotopic (exact) mass is 302 g/mol. The Labute approximate surface area is 126 Å². The molecule has 1 aromatic carbocycles. The summed E-state index contributed by atoms with van der Waals surface area (Å²) in [5.41, 5.74) is 0.172. The van der Waals surface area contributed by atoms with Crippen molar-refractivity contribution in [3.8, 4) is 17.6 Å². The molecule has 0 saturated heterocycles. The fraction of sp³-hybridized carbons (Fsp3) is 0.133. The van der Waals surface area contributed by atoms with Gasteiger partial charge in [0.15, 0.2) is 0 Å². The summed E-state index contributed by atoms with van der Waals surface area (Å²) in [6.45, 7) is 1.68. The number of benzene rings is 1. The SMILES string of the molecule is CCOC(=O)NC(=O)/C(C#N)=C/C=C/c1cc(O)cc(O)c1. The van der Waals surface area contributed by atoms with Crippen LogP contribution in [0.4, 0.5) is 4.79 Å². The first-order chi connectivity index (χ1) is 10.5. The van der Waals surface area contributed by atoms with E-state index in [1.807, 2.05) is 5.32 Å². The third-order valence-corrected chi connectivity index (χ3v) is 2.33. The van der Waals surface area contributed by atoms with E-state index >= 15 is 0 Å². The standard InChI is InChI=1S/C15H14N2O5/c1-2-22-15(21)17-14(20)11(9-16)5-3-4-10-6-12(18)8-13(19)7-10/h3-8,18-19H,2H2,1H3,(H,17,20,21)/b4-3+,11-5+. The van der Waals surface area contributed by atoms with Gasteiger partial charge in [0.2, 0.25) is 0 Å². The molecule has 114 valence electrons. The van der Waals surface area contributed by atoms with Gasteiger partial charge in [-0.2, -0.15) is 5.26 Å². The van der Waals surface area contributed by atoms with Crippen LogP contribution in [0.1, 0.15) is 12.5 Å². The smallest absolute Gasteiger partial charge is 0.414 e. The van der Waals surface area contributed by atoms with Crippen LogP contribution in [0.15, 0.2) is 35.9 Å². The first kappa shape index (κ1) is 16.8. The van der Waals surface area contributed by atoms with E-state index in [1.165, 1.54) is 36.4 Å². The molecule has 0 aromatic heterocycles. The number of rotatable bonds is 4. The second-order valence-electron chi connectivity index (χ2n) is 4.01. The van der Waals surface area contributed by atoms with E-state index in [4.69, 9.17) is 5.26 Å². The lowest BCUT2D eigenvalue weighted by Crippen LogP contribution is -2.31. The number of nitrogens with one attached hydrogen (secondary N) is 1. The van der Waals surface area contributed by atoms with Crippen LogP contribution in [-0.4, -0.2) is 28.8 Å². The number of ether oxygens (including phenoxy) is 1. The molecule has 0 atom stereocenters. The second-order valence-corrected chi connectivity index (χ2v) is 4.01. The molecule has 7 nitrogen and oxygen atoms in total. The van der Waals surface area contributed by atoms with Crippen molar-refractivity contribution in [2.24, 2.45) is 0 Å². The number of carbonyl (C=O) groups excluding carboxylic acids is 2. The summed E-state index contributed by atoms with van der Waals surface area (Å²) in [4.78, 5) is 22.7. The Morgan fingerprint density at radius 1 is 1.32 bits per heavy atom. The van der Waals surface area contributed by atoms with Crippen LogP contribution in [0.25, 0.3) is 6.08 Å². The minimum atomic E-state index is -0.935. The van der Waals surface area contributed by atoms with Crippen LogP contribution in [0.2, 0.25) is 0 Å². The number of aromatic hydroxyl groups is 2. The Morgan fingerprint density at radius 2 is 1.95 bits per heavy atom. The molecule has 3 N–H and O–H groups in total. The molecule has 0 aliphatic carbocycles. The zero-order valence-corrected chi connectivity index (χ0v) is 11.7. The van der Waals surface area contributed by atoms with Crippen LogP contribution in [-0.2, 0) is 9.53 Å². The lowest BCUT2D eigenvalue weighted by atomic mass is 10.1. The summed E-state index contributed by atoms with van der Waals surface area (Å²) in [7, 11) is 0. The van der Waals surface area contributed by atoms with Gasteiger partial charge in [-0.05, 0) is 30.7 Å². The van der Waals surface area contributed by atoms with Gasteiger partial charge in [-0.1, -0.05) is 12.2 Å². The van der Waals surface area contributed by atoms with Crippen molar-refractivity contribution >= 4 is 18.1 Å². The Kier molecular flexibility index (Phi) is 6.19. The third-order valence-electron chi connectivity index (χ3n) is 2.33. The molecule has 0 radical (unpaired) electrons. The molecule has 0 fully saturated rings. The predicted octanol–water partition coefficient (Wildman–Crippen LogP) is 1.83. The summed E-state index contributed by atoms with van der Waals surface area (Å²) in [6, 6.07) is 5.58. The van der Waals surface area contributed by atoms with Crippen molar-refractivity contribution < 1.29 is 24.5 Å². The minimum absolute atomic E-state index is 0.103. The number of phenolic OH excluding ortho intramolecular Hbond substituents is 2. The maximum absolute atomic E-state index is 11.6. The Morgan fingerprint density at radius 3 is 2.50 bits per heavy atom. The molecule has 0 spiro atoms. The Hall–Kier alpha value is -3.27. The number of nitriles is 1. The topological polar surface area (TPSA) is 120 Å². The number of imide groups is 1. The van der Waals surface area contributed by atoms with Crippen LogP contribution in [0.3, 0.4) is 0 Å². The van der Waals surface area contributed by atoms with Crippen molar-refractivity contribution in [2.45, 2.75) is 6.92 Å². The number of alkyl carbamates (subject to hydrolysis) is 1. The van der Waals surface area contributed by atoms with E-state index in [-0.39, 0.29) is 23.7 Å². The molecule has 0 heterocycles. The van der Waals surface area contributed by atoms with Crippen LogP contribution in [0.5, 0.6) is 11.5 Å². The highest BCUT2D eigenvalue weighted by molar-refractivity contribution is 6.05. The van der Waals surface area contributed by atoms with Gasteiger partial charge in [0, 0.05) is 6.07 Å². The minimum Gasteiger partial charge on any atom is -0.508 e. The van der Waals surface area contributed by atoms with Crippen LogP contribution >= 0.6 is 0 Å². The second kappa shape index (κ2) is 8.11. The average molecular weight is 302 g/mol. The number of hydrogen-bond donors (Lipinski definition) is 3. The van der Waals surface area contributed by atoms with Gasteiger partial charge in [-0.3, -0.25) is 10.1 Å². The molecule has 0 unspecified atom stereocenters. The molecule has 0 aliphatic heterocycles. The van der Waals surface area contributed by atoms with E-state index in [0.717, 1.165) is 0 Å². The van der Waals surface area contributed by atoms with Gasteiger partial charge in [0.1, 0.15) is 23.1 Å². The first-order valence-electron chi connectivity index (χ1n) is 6.26. The molecule has 0 aliphatic rings. The number of phenols is 2. The average Bonchev–Trinajstić information content (AvgIpc) is 2.42. The van der Waals surface area contributed by atoms with Crippen molar-refractivity contribution in [1.82, 2.24) is 5.32 Å². The quantitative estimate of drug-likeness (QED) is 0.443. The summed E-state index contributed by atoms with van der Waals surface area (Å²) in [5.74, 6) is -1.13. The predicted molar refractivity (Wildman–Crippen MR) is 77.7 cm³/mol. The number of hydrogen-bond acceptors (Lipinski definition) is 6. The van der Waals surface area contributed by atoms with E-state index in [2.05, 4.69) is 4.74 Å². The number of allylic oxidation sites excluding steroid dienone is 2. The zero-order chi connectivity index (χ0) is 16.5. The molecule has 22 heavy (non-hydrogen) atoms. The molecule has 1 aromatic rings. The largest absolute Gasteiger partial charge is 0.508 e.